The largest absolute Gasteiger partial charge is 0.466 e. The molecule has 0 aliphatic rings. The Kier molecular flexibility index (Phi) is 7.13. The lowest BCUT2D eigenvalue weighted by Gasteiger charge is -2.10. The van der Waals surface area contributed by atoms with E-state index < -0.39 is 29.0 Å². The number of hydrogen-bond acceptors (Lipinski definition) is 6. The standard InChI is InChI=1S/C28H21F3N4O4/c1-2-38-23(36)9-6-15-4-3-5-16(12-15)25(37)28-33-27(34-35-28)19-13-17(7-8-20(19)29)39-26-21(30)14-22-18(24(26)31)10-11-32-22/h3-5,7-8,10-14,32H,2,6,9H2,1H3,(H,33,34,35). The molecule has 0 amide bonds. The molecule has 11 heteroatoms. The van der Waals surface area contributed by atoms with Crippen LogP contribution in [0.4, 0.5) is 13.2 Å². The Morgan fingerprint density at radius 3 is 2.67 bits per heavy atom. The van der Waals surface area contributed by atoms with E-state index in [-0.39, 0.29) is 52.9 Å². The number of aryl methyl sites for hydroxylation is 1. The van der Waals surface area contributed by atoms with Gasteiger partial charge in [0.15, 0.2) is 29.0 Å². The first-order chi connectivity index (χ1) is 18.8. The number of ether oxygens (including phenoxy) is 2. The summed E-state index contributed by atoms with van der Waals surface area (Å²) in [6.07, 6.45) is 2.02. The maximum absolute atomic E-state index is 14.8. The molecule has 0 spiro atoms. The zero-order valence-electron chi connectivity index (χ0n) is 20.6. The number of benzene rings is 3. The van der Waals surface area contributed by atoms with Crippen molar-refractivity contribution < 1.29 is 32.2 Å². The number of carbonyl (C=O) groups excluding carboxylic acids is 2. The number of aromatic nitrogens is 4. The smallest absolute Gasteiger partial charge is 0.306 e. The maximum atomic E-state index is 14.8. The van der Waals surface area contributed by atoms with Crippen molar-refractivity contribution in [1.29, 1.82) is 0 Å². The minimum atomic E-state index is -0.941. The number of halogens is 3. The number of carbonyl (C=O) groups is 2. The Morgan fingerprint density at radius 1 is 1.00 bits per heavy atom. The minimum absolute atomic E-state index is 0.0638. The van der Waals surface area contributed by atoms with Crippen LogP contribution in [-0.4, -0.2) is 38.5 Å². The number of esters is 1. The summed E-state index contributed by atoms with van der Waals surface area (Å²) < 4.78 is 54.3. The van der Waals surface area contributed by atoms with Crippen LogP contribution in [0.25, 0.3) is 22.3 Å². The van der Waals surface area contributed by atoms with Gasteiger partial charge in [0.2, 0.25) is 5.78 Å². The number of rotatable bonds is 9. The average molecular weight is 534 g/mol. The molecule has 0 saturated carbocycles. The van der Waals surface area contributed by atoms with E-state index in [1.54, 1.807) is 31.2 Å². The zero-order valence-corrected chi connectivity index (χ0v) is 20.6. The Morgan fingerprint density at radius 2 is 1.85 bits per heavy atom. The molecular weight excluding hydrogens is 513 g/mol. The highest BCUT2D eigenvalue weighted by molar-refractivity contribution is 6.06. The molecule has 0 aliphatic carbocycles. The third-order valence-corrected chi connectivity index (χ3v) is 5.91. The van der Waals surface area contributed by atoms with Gasteiger partial charge < -0.3 is 14.5 Å². The van der Waals surface area contributed by atoms with Crippen molar-refractivity contribution in [2.45, 2.75) is 19.8 Å². The van der Waals surface area contributed by atoms with E-state index in [9.17, 15) is 22.8 Å². The van der Waals surface area contributed by atoms with Gasteiger partial charge in [-0.1, -0.05) is 18.2 Å². The van der Waals surface area contributed by atoms with Crippen LogP contribution in [0.5, 0.6) is 11.5 Å². The van der Waals surface area contributed by atoms with Crippen molar-refractivity contribution in [3.05, 3.63) is 95.2 Å². The van der Waals surface area contributed by atoms with Gasteiger partial charge in [0.05, 0.1) is 17.7 Å². The second-order valence-electron chi connectivity index (χ2n) is 8.53. The third-order valence-electron chi connectivity index (χ3n) is 5.91. The molecule has 2 heterocycles. The summed E-state index contributed by atoms with van der Waals surface area (Å²) in [6, 6.07) is 12.6. The van der Waals surface area contributed by atoms with Gasteiger partial charge in [-0.05, 0) is 49.2 Å². The van der Waals surface area contributed by atoms with Crippen molar-refractivity contribution in [3.63, 3.8) is 0 Å². The van der Waals surface area contributed by atoms with Crippen LogP contribution in [-0.2, 0) is 16.0 Å². The molecule has 0 aliphatic heterocycles. The zero-order chi connectivity index (χ0) is 27.5. The topological polar surface area (TPSA) is 110 Å². The summed E-state index contributed by atoms with van der Waals surface area (Å²) in [5, 5.41) is 6.59. The molecule has 3 aromatic carbocycles. The van der Waals surface area contributed by atoms with Crippen LogP contribution in [0.15, 0.2) is 60.8 Å². The molecule has 0 unspecified atom stereocenters. The molecule has 0 atom stereocenters. The van der Waals surface area contributed by atoms with E-state index in [1.807, 2.05) is 0 Å². The Hall–Kier alpha value is -4.93. The van der Waals surface area contributed by atoms with Crippen LogP contribution < -0.4 is 4.74 Å². The van der Waals surface area contributed by atoms with Crippen molar-refractivity contribution in [3.8, 4) is 22.9 Å². The number of nitrogens with one attached hydrogen (secondary N) is 2. The number of hydrogen-bond donors (Lipinski definition) is 2. The molecule has 39 heavy (non-hydrogen) atoms. The van der Waals surface area contributed by atoms with Crippen LogP contribution in [0.1, 0.15) is 35.1 Å². The number of aromatic amines is 2. The fourth-order valence-corrected chi connectivity index (χ4v) is 4.03. The highest BCUT2D eigenvalue weighted by Crippen LogP contribution is 2.34. The second-order valence-corrected chi connectivity index (χ2v) is 8.53. The van der Waals surface area contributed by atoms with E-state index in [2.05, 4.69) is 20.2 Å². The van der Waals surface area contributed by atoms with Gasteiger partial charge in [-0.2, -0.15) is 5.10 Å². The average Bonchev–Trinajstić information content (AvgIpc) is 3.61. The van der Waals surface area contributed by atoms with E-state index in [1.165, 1.54) is 24.4 Å². The second kappa shape index (κ2) is 10.8. The first-order valence-corrected chi connectivity index (χ1v) is 12.0. The Balaban J connectivity index is 1.37. The fourth-order valence-electron chi connectivity index (χ4n) is 4.03. The molecule has 0 fully saturated rings. The van der Waals surface area contributed by atoms with Gasteiger partial charge >= 0.3 is 5.97 Å². The summed E-state index contributed by atoms with van der Waals surface area (Å²) in [4.78, 5) is 31.5. The quantitative estimate of drug-likeness (QED) is 0.180. The van der Waals surface area contributed by atoms with Gasteiger partial charge in [0.1, 0.15) is 11.6 Å². The van der Waals surface area contributed by atoms with Crippen molar-refractivity contribution >= 4 is 22.7 Å². The number of H-pyrrole nitrogens is 2. The highest BCUT2D eigenvalue weighted by atomic mass is 19.1. The molecule has 2 N–H and O–H groups in total. The van der Waals surface area contributed by atoms with E-state index in [0.29, 0.717) is 12.0 Å². The van der Waals surface area contributed by atoms with Crippen LogP contribution in [0, 0.1) is 17.5 Å². The Bertz CT molecular complexity index is 1700. The normalized spacial score (nSPS) is 11.1. The van der Waals surface area contributed by atoms with E-state index in [4.69, 9.17) is 9.47 Å². The molecule has 8 nitrogen and oxygen atoms in total. The first-order valence-electron chi connectivity index (χ1n) is 12.0. The molecule has 198 valence electrons. The molecule has 0 radical (unpaired) electrons. The number of fused-ring (bicyclic) bond motifs is 1. The molecular formula is C28H21F3N4O4. The minimum Gasteiger partial charge on any atom is -0.466 e. The van der Waals surface area contributed by atoms with E-state index >= 15 is 0 Å². The molecule has 5 rings (SSSR count). The van der Waals surface area contributed by atoms with Crippen molar-refractivity contribution in [1.82, 2.24) is 20.2 Å². The summed E-state index contributed by atoms with van der Waals surface area (Å²) in [7, 11) is 0. The molecule has 0 bridgehead atoms. The first kappa shape index (κ1) is 25.7. The van der Waals surface area contributed by atoms with Crippen LogP contribution in [0.3, 0.4) is 0 Å². The van der Waals surface area contributed by atoms with Gasteiger partial charge in [-0.25, -0.2) is 18.2 Å². The lowest BCUT2D eigenvalue weighted by Crippen LogP contribution is -2.07. The lowest BCUT2D eigenvalue weighted by atomic mass is 10.0. The lowest BCUT2D eigenvalue weighted by molar-refractivity contribution is -0.143. The summed E-state index contributed by atoms with van der Waals surface area (Å²) in [6.45, 7) is 2.01. The summed E-state index contributed by atoms with van der Waals surface area (Å²) >= 11 is 0. The van der Waals surface area contributed by atoms with Crippen LogP contribution in [0.2, 0.25) is 0 Å². The molecule has 0 saturated heterocycles. The highest BCUT2D eigenvalue weighted by Gasteiger charge is 2.20. The third kappa shape index (κ3) is 5.37. The monoisotopic (exact) mass is 534 g/mol. The van der Waals surface area contributed by atoms with Gasteiger partial charge in [0.25, 0.3) is 0 Å². The van der Waals surface area contributed by atoms with Crippen molar-refractivity contribution in [2.75, 3.05) is 6.61 Å². The SMILES string of the molecule is CCOC(=O)CCc1cccc(C(=O)c2nc(-c3cc(Oc4c(F)cc5[nH]ccc5c4F)ccc3F)n[nH]2)c1. The number of nitrogens with zero attached hydrogens (tertiary/aromatic N) is 2. The molecule has 2 aromatic heterocycles. The van der Waals surface area contributed by atoms with Crippen LogP contribution >= 0.6 is 0 Å². The fraction of sp³-hybridized carbons (Fsp3) is 0.143. The Labute approximate surface area is 219 Å². The van der Waals surface area contributed by atoms with Gasteiger partial charge in [-0.3, -0.25) is 14.7 Å². The van der Waals surface area contributed by atoms with Gasteiger partial charge in [0, 0.05) is 29.6 Å². The predicted octanol–water partition coefficient (Wildman–Crippen LogP) is 5.89. The van der Waals surface area contributed by atoms with Gasteiger partial charge in [-0.15, -0.1) is 0 Å². The summed E-state index contributed by atoms with van der Waals surface area (Å²) in [5.74, 6) is -4.42. The maximum Gasteiger partial charge on any atom is 0.306 e. The number of ketones is 1. The van der Waals surface area contributed by atoms with Crippen molar-refractivity contribution in [2.24, 2.45) is 0 Å². The van der Waals surface area contributed by atoms with E-state index in [0.717, 1.165) is 17.7 Å². The molecule has 5 aromatic rings. The summed E-state index contributed by atoms with van der Waals surface area (Å²) in [5.41, 5.74) is 1.17. The predicted molar refractivity (Wildman–Crippen MR) is 135 cm³/mol.